The summed E-state index contributed by atoms with van der Waals surface area (Å²) in [5, 5.41) is 21.8. The monoisotopic (exact) mass is 376 g/mol. The molecule has 0 saturated carbocycles. The molecule has 8 nitrogen and oxygen atoms in total. The summed E-state index contributed by atoms with van der Waals surface area (Å²) in [6.45, 7) is 5.36. The van der Waals surface area contributed by atoms with Crippen LogP contribution in [0.2, 0.25) is 0 Å². The van der Waals surface area contributed by atoms with Gasteiger partial charge in [0.25, 0.3) is 0 Å². The minimum Gasteiger partial charge on any atom is -0.491 e. The minimum atomic E-state index is -0.593. The summed E-state index contributed by atoms with van der Waals surface area (Å²) in [4.78, 5) is 16.1. The third kappa shape index (κ3) is 7.93. The van der Waals surface area contributed by atoms with Crippen LogP contribution in [-0.2, 0) is 9.53 Å². The standard InChI is InChI=1S/C19H28N4O4/c1-26-11-6-21-19(25)14-23-9-7-22(8-10-23)13-17(24)15-27-18-4-2-16(12-20)3-5-18/h2-5,17,24H,6-11,13-15H2,1H3,(H,21,25). The molecule has 148 valence electrons. The average molecular weight is 376 g/mol. The van der Waals surface area contributed by atoms with Gasteiger partial charge in [0, 0.05) is 46.4 Å². The summed E-state index contributed by atoms with van der Waals surface area (Å²) >= 11 is 0. The molecule has 1 fully saturated rings. The van der Waals surface area contributed by atoms with E-state index in [1.807, 2.05) is 0 Å². The first-order valence-corrected chi connectivity index (χ1v) is 9.12. The van der Waals surface area contributed by atoms with Gasteiger partial charge in [0.1, 0.15) is 18.5 Å². The van der Waals surface area contributed by atoms with Crippen molar-refractivity contribution in [3.8, 4) is 11.8 Å². The zero-order valence-electron chi connectivity index (χ0n) is 15.8. The van der Waals surface area contributed by atoms with E-state index in [2.05, 4.69) is 21.2 Å². The predicted octanol–water partition coefficient (Wildman–Crippen LogP) is -0.322. The lowest BCUT2D eigenvalue weighted by Gasteiger charge is -2.35. The lowest BCUT2D eigenvalue weighted by molar-refractivity contribution is -0.122. The summed E-state index contributed by atoms with van der Waals surface area (Å²) in [5.41, 5.74) is 0.577. The summed E-state index contributed by atoms with van der Waals surface area (Å²) in [5.74, 6) is 0.647. The zero-order valence-corrected chi connectivity index (χ0v) is 15.8. The molecule has 0 aliphatic carbocycles. The van der Waals surface area contributed by atoms with Gasteiger partial charge < -0.3 is 19.9 Å². The molecule has 1 aromatic carbocycles. The molecule has 0 aromatic heterocycles. The van der Waals surface area contributed by atoms with Crippen molar-refractivity contribution < 1.29 is 19.4 Å². The highest BCUT2D eigenvalue weighted by Gasteiger charge is 2.20. The molecular weight excluding hydrogens is 348 g/mol. The number of aliphatic hydroxyl groups excluding tert-OH is 1. The number of carbonyl (C=O) groups is 1. The van der Waals surface area contributed by atoms with Gasteiger partial charge in [-0.2, -0.15) is 5.26 Å². The topological polar surface area (TPSA) is 98.1 Å². The third-order valence-corrected chi connectivity index (χ3v) is 4.36. The average Bonchev–Trinajstić information content (AvgIpc) is 2.68. The van der Waals surface area contributed by atoms with Crippen molar-refractivity contribution in [2.45, 2.75) is 6.10 Å². The number of hydrogen-bond donors (Lipinski definition) is 2. The maximum Gasteiger partial charge on any atom is 0.234 e. The number of nitrogens with zero attached hydrogens (tertiary/aromatic N) is 3. The third-order valence-electron chi connectivity index (χ3n) is 4.36. The van der Waals surface area contributed by atoms with E-state index in [-0.39, 0.29) is 12.5 Å². The Bertz CT molecular complexity index is 609. The van der Waals surface area contributed by atoms with Crippen LogP contribution < -0.4 is 10.1 Å². The van der Waals surface area contributed by atoms with Crippen LogP contribution in [0.25, 0.3) is 0 Å². The Morgan fingerprint density at radius 1 is 1.26 bits per heavy atom. The van der Waals surface area contributed by atoms with Crippen LogP contribution in [0.4, 0.5) is 0 Å². The molecule has 1 aromatic rings. The number of benzene rings is 1. The van der Waals surface area contributed by atoms with Crippen LogP contribution in [0.5, 0.6) is 5.75 Å². The van der Waals surface area contributed by atoms with Crippen LogP contribution in [0.1, 0.15) is 5.56 Å². The Labute approximate surface area is 160 Å². The lowest BCUT2D eigenvalue weighted by atomic mass is 10.2. The Hall–Kier alpha value is -2.18. The molecule has 27 heavy (non-hydrogen) atoms. The quantitative estimate of drug-likeness (QED) is 0.540. The predicted molar refractivity (Wildman–Crippen MR) is 100 cm³/mol. The van der Waals surface area contributed by atoms with Crippen molar-refractivity contribution in [2.75, 3.05) is 66.1 Å². The molecule has 2 rings (SSSR count). The first-order chi connectivity index (χ1) is 13.1. The van der Waals surface area contributed by atoms with E-state index in [1.54, 1.807) is 31.4 Å². The Morgan fingerprint density at radius 2 is 1.93 bits per heavy atom. The maximum atomic E-state index is 11.8. The van der Waals surface area contributed by atoms with Crippen LogP contribution in [-0.4, -0.2) is 93.1 Å². The molecule has 1 amide bonds. The van der Waals surface area contributed by atoms with E-state index < -0.39 is 6.10 Å². The van der Waals surface area contributed by atoms with Crippen molar-refractivity contribution in [1.82, 2.24) is 15.1 Å². The fourth-order valence-electron chi connectivity index (χ4n) is 2.85. The van der Waals surface area contributed by atoms with Crippen LogP contribution in [0.15, 0.2) is 24.3 Å². The van der Waals surface area contributed by atoms with Gasteiger partial charge in [0.15, 0.2) is 0 Å². The van der Waals surface area contributed by atoms with E-state index in [0.29, 0.717) is 37.6 Å². The normalized spacial score (nSPS) is 16.5. The second kappa shape index (κ2) is 11.5. The summed E-state index contributed by atoms with van der Waals surface area (Å²) in [7, 11) is 1.61. The number of piperazine rings is 1. The van der Waals surface area contributed by atoms with Crippen molar-refractivity contribution in [3.05, 3.63) is 29.8 Å². The van der Waals surface area contributed by atoms with Gasteiger partial charge in [-0.1, -0.05) is 0 Å². The molecule has 2 N–H and O–H groups in total. The Morgan fingerprint density at radius 3 is 2.56 bits per heavy atom. The van der Waals surface area contributed by atoms with Crippen molar-refractivity contribution in [2.24, 2.45) is 0 Å². The summed E-state index contributed by atoms with van der Waals surface area (Å²) in [6, 6.07) is 8.88. The van der Waals surface area contributed by atoms with Gasteiger partial charge >= 0.3 is 0 Å². The number of carbonyl (C=O) groups excluding carboxylic acids is 1. The highest BCUT2D eigenvalue weighted by molar-refractivity contribution is 5.78. The first kappa shape index (κ1) is 21.1. The molecular formula is C19H28N4O4. The van der Waals surface area contributed by atoms with E-state index in [9.17, 15) is 9.90 Å². The number of rotatable bonds is 10. The molecule has 8 heteroatoms. The highest BCUT2D eigenvalue weighted by Crippen LogP contribution is 2.12. The van der Waals surface area contributed by atoms with Gasteiger partial charge in [-0.25, -0.2) is 0 Å². The zero-order chi connectivity index (χ0) is 19.5. The maximum absolute atomic E-state index is 11.8. The number of nitrogens with one attached hydrogen (secondary N) is 1. The van der Waals surface area contributed by atoms with Gasteiger partial charge in [-0.15, -0.1) is 0 Å². The van der Waals surface area contributed by atoms with Gasteiger partial charge in [0.05, 0.1) is 24.8 Å². The van der Waals surface area contributed by atoms with Gasteiger partial charge in [-0.3, -0.25) is 14.6 Å². The number of ether oxygens (including phenoxy) is 2. The number of methoxy groups -OCH3 is 1. The highest BCUT2D eigenvalue weighted by atomic mass is 16.5. The fourth-order valence-corrected chi connectivity index (χ4v) is 2.85. The van der Waals surface area contributed by atoms with E-state index in [0.717, 1.165) is 26.2 Å². The molecule has 0 radical (unpaired) electrons. The van der Waals surface area contributed by atoms with E-state index in [4.69, 9.17) is 14.7 Å². The Balaban J connectivity index is 1.61. The molecule has 1 unspecified atom stereocenters. The Kier molecular flexibility index (Phi) is 9.01. The van der Waals surface area contributed by atoms with Crippen molar-refractivity contribution in [3.63, 3.8) is 0 Å². The fraction of sp³-hybridized carbons (Fsp3) is 0.579. The summed E-state index contributed by atoms with van der Waals surface area (Å²) in [6.07, 6.45) is -0.593. The molecule has 1 aliphatic heterocycles. The number of β-amino-alcohol motifs (C(OH)–C–C–N with tert-alkyl or cyclic N) is 1. The van der Waals surface area contributed by atoms with E-state index in [1.165, 1.54) is 0 Å². The second-order valence-corrected chi connectivity index (χ2v) is 6.52. The number of nitriles is 1. The molecule has 1 saturated heterocycles. The lowest BCUT2D eigenvalue weighted by Crippen LogP contribution is -2.51. The van der Waals surface area contributed by atoms with Crippen LogP contribution >= 0.6 is 0 Å². The number of amides is 1. The van der Waals surface area contributed by atoms with Crippen molar-refractivity contribution >= 4 is 5.91 Å². The molecule has 0 bridgehead atoms. The number of hydrogen-bond acceptors (Lipinski definition) is 7. The minimum absolute atomic E-state index is 0.0105. The molecule has 1 atom stereocenters. The largest absolute Gasteiger partial charge is 0.491 e. The second-order valence-electron chi connectivity index (χ2n) is 6.52. The van der Waals surface area contributed by atoms with Crippen molar-refractivity contribution in [1.29, 1.82) is 5.26 Å². The smallest absolute Gasteiger partial charge is 0.234 e. The molecule has 1 aliphatic rings. The first-order valence-electron chi connectivity index (χ1n) is 9.12. The van der Waals surface area contributed by atoms with Crippen LogP contribution in [0.3, 0.4) is 0 Å². The number of aliphatic hydroxyl groups is 1. The van der Waals surface area contributed by atoms with Gasteiger partial charge in [0.2, 0.25) is 5.91 Å². The van der Waals surface area contributed by atoms with E-state index >= 15 is 0 Å². The summed E-state index contributed by atoms with van der Waals surface area (Å²) < 4.78 is 10.5. The SMILES string of the molecule is COCCNC(=O)CN1CCN(CC(O)COc2ccc(C#N)cc2)CC1. The molecule has 1 heterocycles. The van der Waals surface area contributed by atoms with Gasteiger partial charge in [-0.05, 0) is 24.3 Å². The van der Waals surface area contributed by atoms with Crippen LogP contribution in [0, 0.1) is 11.3 Å². The molecule has 0 spiro atoms.